The number of nitrogens with zero attached hydrogens (tertiary/aromatic N) is 6. The number of benzene rings is 1. The molecule has 0 atom stereocenters. The molecule has 0 aliphatic heterocycles. The molecule has 0 saturated heterocycles. The first-order valence-electron chi connectivity index (χ1n) is 8.03. The van der Waals surface area contributed by atoms with Gasteiger partial charge in [-0.15, -0.1) is 0 Å². The summed E-state index contributed by atoms with van der Waals surface area (Å²) in [6.45, 7) is 3.59. The van der Waals surface area contributed by atoms with Gasteiger partial charge in [-0.25, -0.2) is 0 Å². The number of rotatable bonds is 4. The lowest BCUT2D eigenvalue weighted by molar-refractivity contribution is -0.388. The Kier molecular flexibility index (Phi) is 4.65. The zero-order valence-corrected chi connectivity index (χ0v) is 14.7. The first kappa shape index (κ1) is 17.8. The first-order valence-corrected chi connectivity index (χ1v) is 8.03. The highest BCUT2D eigenvalue weighted by atomic mass is 16.6. The fraction of sp³-hybridized carbons (Fsp3) is 0.158. The number of aromatic nitrogens is 3. The van der Waals surface area contributed by atoms with E-state index in [0.717, 1.165) is 5.56 Å². The van der Waals surface area contributed by atoms with Crippen molar-refractivity contribution < 1.29 is 4.92 Å². The minimum Gasteiger partial charge on any atom is -0.358 e. The van der Waals surface area contributed by atoms with E-state index in [1.54, 1.807) is 18.4 Å². The number of nitro groups is 1. The van der Waals surface area contributed by atoms with Gasteiger partial charge >= 0.3 is 5.82 Å². The largest absolute Gasteiger partial charge is 0.389 e. The van der Waals surface area contributed by atoms with Crippen molar-refractivity contribution >= 4 is 5.82 Å². The number of nitriles is 2. The Balaban J connectivity index is 2.35. The van der Waals surface area contributed by atoms with Crippen molar-refractivity contribution in [3.63, 3.8) is 0 Å². The Labute approximate surface area is 155 Å². The number of hydrogen-bond donors (Lipinski definition) is 0. The van der Waals surface area contributed by atoms with E-state index >= 15 is 0 Å². The molecule has 0 amide bonds. The molecule has 0 aliphatic rings. The fourth-order valence-corrected chi connectivity index (χ4v) is 3.02. The lowest BCUT2D eigenvalue weighted by Gasteiger charge is -2.13. The SMILES string of the molecule is Cc1nc(C)c(C#N)c(-c2c([N+](=O)[O-])ncn2Cc2ccccc2)c1C#N. The highest BCUT2D eigenvalue weighted by Crippen LogP contribution is 2.36. The standard InChI is InChI=1S/C19H14N6O2/c1-12-15(8-20)17(16(9-21)13(2)23-12)18-19(25(26)27)22-11-24(18)10-14-6-4-3-5-7-14/h3-7,11H,10H2,1-2H3. The highest BCUT2D eigenvalue weighted by molar-refractivity contribution is 5.80. The normalized spacial score (nSPS) is 10.2. The van der Waals surface area contributed by atoms with E-state index < -0.39 is 10.7 Å². The second-order valence-corrected chi connectivity index (χ2v) is 5.92. The maximum absolute atomic E-state index is 11.6. The van der Waals surface area contributed by atoms with Gasteiger partial charge in [0.2, 0.25) is 6.33 Å². The van der Waals surface area contributed by atoms with Crippen LogP contribution in [0.5, 0.6) is 0 Å². The van der Waals surface area contributed by atoms with Crippen molar-refractivity contribution in [3.8, 4) is 23.4 Å². The van der Waals surface area contributed by atoms with Gasteiger partial charge in [-0.3, -0.25) is 9.55 Å². The molecule has 0 saturated carbocycles. The minimum absolute atomic E-state index is 0.130. The zero-order chi connectivity index (χ0) is 19.6. The number of aryl methyl sites for hydroxylation is 2. The Hall–Kier alpha value is -4.04. The average molecular weight is 358 g/mol. The van der Waals surface area contributed by atoms with Crippen LogP contribution in [0.15, 0.2) is 36.7 Å². The molecule has 0 aliphatic carbocycles. The third-order valence-corrected chi connectivity index (χ3v) is 4.21. The van der Waals surface area contributed by atoms with Crippen LogP contribution in [0.4, 0.5) is 5.82 Å². The van der Waals surface area contributed by atoms with E-state index in [4.69, 9.17) is 0 Å². The molecule has 2 aromatic heterocycles. The van der Waals surface area contributed by atoms with E-state index in [-0.39, 0.29) is 22.4 Å². The van der Waals surface area contributed by atoms with Gasteiger partial charge in [-0.2, -0.15) is 10.5 Å². The Morgan fingerprint density at radius 2 is 1.70 bits per heavy atom. The van der Waals surface area contributed by atoms with Gasteiger partial charge in [0.1, 0.15) is 12.1 Å². The summed E-state index contributed by atoms with van der Waals surface area (Å²) in [4.78, 5) is 19.1. The van der Waals surface area contributed by atoms with Crippen LogP contribution in [0.2, 0.25) is 0 Å². The summed E-state index contributed by atoms with van der Waals surface area (Å²) in [6, 6.07) is 13.4. The molecule has 132 valence electrons. The van der Waals surface area contributed by atoms with Gasteiger partial charge in [0.05, 0.1) is 29.1 Å². The summed E-state index contributed by atoms with van der Waals surface area (Å²) in [5.74, 6) is -0.399. The maximum atomic E-state index is 11.6. The number of pyridine rings is 1. The Bertz CT molecular complexity index is 1080. The molecule has 0 fully saturated rings. The Morgan fingerprint density at radius 3 is 2.22 bits per heavy atom. The first-order chi connectivity index (χ1) is 13.0. The molecule has 0 radical (unpaired) electrons. The summed E-state index contributed by atoms with van der Waals surface area (Å²) in [5.41, 5.74) is 2.32. The molecule has 8 heteroatoms. The molecule has 1 aromatic carbocycles. The van der Waals surface area contributed by atoms with Crippen LogP contribution in [0.25, 0.3) is 11.3 Å². The molecule has 27 heavy (non-hydrogen) atoms. The third-order valence-electron chi connectivity index (χ3n) is 4.21. The van der Waals surface area contributed by atoms with Crippen LogP contribution in [0.1, 0.15) is 28.1 Å². The summed E-state index contributed by atoms with van der Waals surface area (Å²) < 4.78 is 1.59. The zero-order valence-electron chi connectivity index (χ0n) is 14.7. The third kappa shape index (κ3) is 3.12. The molecule has 0 unspecified atom stereocenters. The molecular formula is C19H14N6O2. The van der Waals surface area contributed by atoms with E-state index in [1.807, 2.05) is 42.5 Å². The molecule has 3 aromatic rings. The fourth-order valence-electron chi connectivity index (χ4n) is 3.02. The molecule has 0 N–H and O–H groups in total. The second kappa shape index (κ2) is 7.06. The lowest BCUT2D eigenvalue weighted by atomic mass is 9.97. The van der Waals surface area contributed by atoms with Gasteiger partial charge in [-0.1, -0.05) is 30.3 Å². The lowest BCUT2D eigenvalue weighted by Crippen LogP contribution is -2.07. The van der Waals surface area contributed by atoms with E-state index in [1.165, 1.54) is 6.33 Å². The summed E-state index contributed by atoms with van der Waals surface area (Å²) >= 11 is 0. The number of imidazole rings is 1. The number of hydrogen-bond acceptors (Lipinski definition) is 6. The van der Waals surface area contributed by atoms with Crippen LogP contribution in [-0.4, -0.2) is 19.5 Å². The average Bonchev–Trinajstić information content (AvgIpc) is 3.05. The summed E-state index contributed by atoms with van der Waals surface area (Å²) in [5, 5.41) is 30.8. The minimum atomic E-state index is -0.607. The van der Waals surface area contributed by atoms with Crippen molar-refractivity contribution in [2.45, 2.75) is 20.4 Å². The van der Waals surface area contributed by atoms with E-state index in [2.05, 4.69) is 9.97 Å². The Morgan fingerprint density at radius 1 is 1.11 bits per heavy atom. The quantitative estimate of drug-likeness (QED) is 0.521. The van der Waals surface area contributed by atoms with Crippen molar-refractivity contribution in [1.82, 2.24) is 14.5 Å². The molecule has 0 bridgehead atoms. The van der Waals surface area contributed by atoms with Gasteiger partial charge in [0, 0.05) is 5.56 Å². The van der Waals surface area contributed by atoms with Crippen molar-refractivity contribution in [2.75, 3.05) is 0 Å². The van der Waals surface area contributed by atoms with Gasteiger partial charge < -0.3 is 10.1 Å². The van der Waals surface area contributed by atoms with Crippen LogP contribution in [0, 0.1) is 46.6 Å². The van der Waals surface area contributed by atoms with Crippen LogP contribution < -0.4 is 0 Å². The monoisotopic (exact) mass is 358 g/mol. The van der Waals surface area contributed by atoms with Crippen LogP contribution >= 0.6 is 0 Å². The topological polar surface area (TPSA) is 121 Å². The van der Waals surface area contributed by atoms with Crippen molar-refractivity contribution in [3.05, 3.63) is 74.9 Å². The predicted molar refractivity (Wildman–Crippen MR) is 96.6 cm³/mol. The predicted octanol–water partition coefficient (Wildman–Crippen LogP) is 3.26. The molecule has 0 spiro atoms. The van der Waals surface area contributed by atoms with Gasteiger partial charge in [0.15, 0.2) is 5.69 Å². The summed E-state index contributed by atoms with van der Waals surface area (Å²) in [7, 11) is 0. The smallest absolute Gasteiger partial charge is 0.358 e. The highest BCUT2D eigenvalue weighted by Gasteiger charge is 2.30. The van der Waals surface area contributed by atoms with E-state index in [0.29, 0.717) is 17.9 Å². The van der Waals surface area contributed by atoms with Crippen molar-refractivity contribution in [2.24, 2.45) is 0 Å². The molecule has 2 heterocycles. The maximum Gasteiger partial charge on any atom is 0.389 e. The van der Waals surface area contributed by atoms with E-state index in [9.17, 15) is 20.6 Å². The van der Waals surface area contributed by atoms with Crippen molar-refractivity contribution in [1.29, 1.82) is 10.5 Å². The molecular weight excluding hydrogens is 344 g/mol. The van der Waals surface area contributed by atoms with Gasteiger partial charge in [0.25, 0.3) is 0 Å². The summed E-state index contributed by atoms with van der Waals surface area (Å²) in [6.07, 6.45) is 1.36. The molecule has 3 rings (SSSR count). The molecule has 8 nitrogen and oxygen atoms in total. The second-order valence-electron chi connectivity index (χ2n) is 5.92. The van der Waals surface area contributed by atoms with Crippen LogP contribution in [0.3, 0.4) is 0 Å². The van der Waals surface area contributed by atoms with Gasteiger partial charge in [-0.05, 0) is 29.3 Å². The van der Waals surface area contributed by atoms with Crippen LogP contribution in [-0.2, 0) is 6.54 Å².